The number of esters is 2. The number of aromatic nitrogens is 2. The Hall–Kier alpha value is -1.98. The van der Waals surface area contributed by atoms with Crippen LogP contribution in [-0.4, -0.2) is 35.1 Å². The van der Waals surface area contributed by atoms with Crippen molar-refractivity contribution in [2.24, 2.45) is 10.8 Å². The Bertz CT molecular complexity index is 493. The zero-order valence-electron chi connectivity index (χ0n) is 14.1. The number of nitrogens with zero attached hydrogens (tertiary/aromatic N) is 2. The Morgan fingerprint density at radius 3 is 1.95 bits per heavy atom. The summed E-state index contributed by atoms with van der Waals surface area (Å²) < 4.78 is 10.4. The van der Waals surface area contributed by atoms with Crippen LogP contribution in [-0.2, 0) is 9.47 Å². The first-order valence-corrected chi connectivity index (χ1v) is 7.14. The summed E-state index contributed by atoms with van der Waals surface area (Å²) in [5, 5.41) is 0. The first-order valence-electron chi connectivity index (χ1n) is 7.14. The molecule has 0 radical (unpaired) electrons. The molecule has 0 amide bonds. The second-order valence-electron chi connectivity index (χ2n) is 7.56. The minimum Gasteiger partial charge on any atom is -0.461 e. The SMILES string of the molecule is CC(C)(C)COC(=O)c1cncnc1C(=O)OCC(C)(C)C. The minimum atomic E-state index is -0.653. The molecular weight excluding hydrogens is 284 g/mol. The van der Waals surface area contributed by atoms with E-state index in [0.717, 1.165) is 0 Å². The number of hydrogen-bond acceptors (Lipinski definition) is 6. The Balaban J connectivity index is 2.85. The Labute approximate surface area is 131 Å². The largest absolute Gasteiger partial charge is 0.461 e. The van der Waals surface area contributed by atoms with Gasteiger partial charge in [-0.25, -0.2) is 19.6 Å². The van der Waals surface area contributed by atoms with Crippen molar-refractivity contribution in [2.45, 2.75) is 41.5 Å². The molecule has 0 aliphatic heterocycles. The van der Waals surface area contributed by atoms with Crippen LogP contribution in [0.2, 0.25) is 0 Å². The lowest BCUT2D eigenvalue weighted by atomic mass is 9.98. The van der Waals surface area contributed by atoms with Crippen molar-refractivity contribution < 1.29 is 19.1 Å². The van der Waals surface area contributed by atoms with E-state index in [1.165, 1.54) is 12.5 Å². The van der Waals surface area contributed by atoms with Crippen LogP contribution in [0.1, 0.15) is 62.4 Å². The van der Waals surface area contributed by atoms with E-state index in [9.17, 15) is 9.59 Å². The van der Waals surface area contributed by atoms with Crippen LogP contribution in [0.25, 0.3) is 0 Å². The summed E-state index contributed by atoms with van der Waals surface area (Å²) in [6.45, 7) is 12.1. The highest BCUT2D eigenvalue weighted by molar-refractivity contribution is 6.01. The fraction of sp³-hybridized carbons (Fsp3) is 0.625. The molecule has 0 aliphatic carbocycles. The molecule has 1 rings (SSSR count). The van der Waals surface area contributed by atoms with Gasteiger partial charge in [0.05, 0.1) is 13.2 Å². The van der Waals surface area contributed by atoms with Crippen molar-refractivity contribution in [1.29, 1.82) is 0 Å². The standard InChI is InChI=1S/C16H24N2O4/c1-15(2,3)8-21-13(19)11-7-17-10-18-12(11)14(20)22-9-16(4,5)6/h7,10H,8-9H2,1-6H3. The lowest BCUT2D eigenvalue weighted by Crippen LogP contribution is -2.23. The molecule has 6 nitrogen and oxygen atoms in total. The molecule has 0 saturated heterocycles. The van der Waals surface area contributed by atoms with E-state index in [4.69, 9.17) is 9.47 Å². The van der Waals surface area contributed by atoms with Crippen LogP contribution in [0.3, 0.4) is 0 Å². The first-order chi connectivity index (χ1) is 9.99. The fourth-order valence-corrected chi connectivity index (χ4v) is 1.35. The fourth-order valence-electron chi connectivity index (χ4n) is 1.35. The van der Waals surface area contributed by atoms with Crippen LogP contribution in [0.4, 0.5) is 0 Å². The van der Waals surface area contributed by atoms with Crippen molar-refractivity contribution in [3.63, 3.8) is 0 Å². The third-order valence-electron chi connectivity index (χ3n) is 2.40. The first kappa shape index (κ1) is 18.1. The lowest BCUT2D eigenvalue weighted by Gasteiger charge is -2.19. The number of carbonyl (C=O) groups is 2. The van der Waals surface area contributed by atoms with Crippen LogP contribution >= 0.6 is 0 Å². The molecule has 6 heteroatoms. The maximum Gasteiger partial charge on any atom is 0.357 e. The van der Waals surface area contributed by atoms with Crippen molar-refractivity contribution in [1.82, 2.24) is 9.97 Å². The molecule has 0 spiro atoms. The van der Waals surface area contributed by atoms with Crippen LogP contribution in [0.5, 0.6) is 0 Å². The summed E-state index contributed by atoms with van der Waals surface area (Å²) in [7, 11) is 0. The van der Waals surface area contributed by atoms with Gasteiger partial charge < -0.3 is 9.47 Å². The molecule has 0 fully saturated rings. The number of hydrogen-bond donors (Lipinski definition) is 0. The van der Waals surface area contributed by atoms with Gasteiger partial charge in [-0.15, -0.1) is 0 Å². The van der Waals surface area contributed by atoms with E-state index in [0.29, 0.717) is 0 Å². The quantitative estimate of drug-likeness (QED) is 0.796. The smallest absolute Gasteiger partial charge is 0.357 e. The molecule has 0 atom stereocenters. The highest BCUT2D eigenvalue weighted by Crippen LogP contribution is 2.17. The normalized spacial score (nSPS) is 11.9. The van der Waals surface area contributed by atoms with Crippen molar-refractivity contribution in [2.75, 3.05) is 13.2 Å². The van der Waals surface area contributed by atoms with Crippen LogP contribution in [0, 0.1) is 10.8 Å². The van der Waals surface area contributed by atoms with Gasteiger partial charge in [0.15, 0.2) is 5.69 Å². The molecule has 22 heavy (non-hydrogen) atoms. The van der Waals surface area contributed by atoms with Gasteiger partial charge in [-0.3, -0.25) is 0 Å². The molecule has 0 unspecified atom stereocenters. The predicted molar refractivity (Wildman–Crippen MR) is 81.5 cm³/mol. The Morgan fingerprint density at radius 2 is 1.45 bits per heavy atom. The summed E-state index contributed by atoms with van der Waals surface area (Å²) in [4.78, 5) is 31.8. The molecule has 0 aromatic carbocycles. The molecule has 0 aliphatic rings. The highest BCUT2D eigenvalue weighted by Gasteiger charge is 2.24. The van der Waals surface area contributed by atoms with E-state index in [2.05, 4.69) is 9.97 Å². The zero-order chi connectivity index (χ0) is 17.0. The third-order valence-corrected chi connectivity index (χ3v) is 2.40. The monoisotopic (exact) mass is 308 g/mol. The topological polar surface area (TPSA) is 78.4 Å². The van der Waals surface area contributed by atoms with E-state index < -0.39 is 11.9 Å². The van der Waals surface area contributed by atoms with Gasteiger partial charge in [0.2, 0.25) is 0 Å². The van der Waals surface area contributed by atoms with E-state index in [1.54, 1.807) is 0 Å². The maximum atomic E-state index is 12.1. The van der Waals surface area contributed by atoms with Gasteiger partial charge in [-0.1, -0.05) is 41.5 Å². The molecule has 122 valence electrons. The molecular formula is C16H24N2O4. The van der Waals surface area contributed by atoms with Crippen molar-refractivity contribution in [3.8, 4) is 0 Å². The average Bonchev–Trinajstić information content (AvgIpc) is 2.40. The maximum absolute atomic E-state index is 12.1. The second kappa shape index (κ2) is 6.85. The molecule has 1 aromatic heterocycles. The van der Waals surface area contributed by atoms with E-state index in [1.807, 2.05) is 41.5 Å². The molecule has 1 heterocycles. The number of rotatable bonds is 4. The minimum absolute atomic E-state index is 0.0191. The summed E-state index contributed by atoms with van der Waals surface area (Å²) in [5.74, 6) is -1.28. The van der Waals surface area contributed by atoms with Crippen LogP contribution in [0.15, 0.2) is 12.5 Å². The summed E-state index contributed by atoms with van der Waals surface area (Å²) in [6, 6.07) is 0. The lowest BCUT2D eigenvalue weighted by molar-refractivity contribution is 0.0316. The zero-order valence-corrected chi connectivity index (χ0v) is 14.1. The summed E-state index contributed by atoms with van der Waals surface area (Å²) >= 11 is 0. The third kappa shape index (κ3) is 6.20. The average molecular weight is 308 g/mol. The molecule has 1 aromatic rings. The second-order valence-corrected chi connectivity index (χ2v) is 7.56. The Morgan fingerprint density at radius 1 is 0.955 bits per heavy atom. The summed E-state index contributed by atoms with van der Waals surface area (Å²) in [6.07, 6.45) is 2.47. The van der Waals surface area contributed by atoms with Crippen molar-refractivity contribution >= 4 is 11.9 Å². The van der Waals surface area contributed by atoms with Gasteiger partial charge in [0, 0.05) is 6.20 Å². The van der Waals surface area contributed by atoms with Gasteiger partial charge in [-0.05, 0) is 10.8 Å². The van der Waals surface area contributed by atoms with Crippen molar-refractivity contribution in [3.05, 3.63) is 23.8 Å². The van der Waals surface area contributed by atoms with Gasteiger partial charge in [0.1, 0.15) is 11.9 Å². The van der Waals surface area contributed by atoms with E-state index >= 15 is 0 Å². The Kier molecular flexibility index (Phi) is 5.63. The predicted octanol–water partition coefficient (Wildman–Crippen LogP) is 2.88. The van der Waals surface area contributed by atoms with E-state index in [-0.39, 0.29) is 35.3 Å². The summed E-state index contributed by atoms with van der Waals surface area (Å²) in [5.41, 5.74) is -0.392. The molecule has 0 bridgehead atoms. The highest BCUT2D eigenvalue weighted by atomic mass is 16.5. The molecule has 0 N–H and O–H groups in total. The molecule has 0 saturated carbocycles. The van der Waals surface area contributed by atoms with Crippen LogP contribution < -0.4 is 0 Å². The van der Waals surface area contributed by atoms with Gasteiger partial charge >= 0.3 is 11.9 Å². The number of ether oxygens (including phenoxy) is 2. The number of carbonyl (C=O) groups excluding carboxylic acids is 2. The van der Waals surface area contributed by atoms with Gasteiger partial charge in [-0.2, -0.15) is 0 Å². The van der Waals surface area contributed by atoms with Gasteiger partial charge in [0.25, 0.3) is 0 Å².